The van der Waals surface area contributed by atoms with Gasteiger partial charge in [0.25, 0.3) is 0 Å². The Balaban J connectivity index is 0.00000220. The maximum atomic E-state index is 12.3. The Hall–Kier alpha value is -1.10. The monoisotopic (exact) mass is 312 g/mol. The summed E-state index contributed by atoms with van der Waals surface area (Å²) in [6, 6.07) is 10.1. The maximum Gasteiger partial charge on any atom is 0.224 e. The van der Waals surface area contributed by atoms with Gasteiger partial charge in [-0.05, 0) is 25.5 Å². The van der Waals surface area contributed by atoms with Gasteiger partial charge in [0.05, 0.1) is 6.10 Å². The molecule has 1 saturated heterocycles. The van der Waals surface area contributed by atoms with Crippen LogP contribution in [0.2, 0.25) is 0 Å². The van der Waals surface area contributed by atoms with Crippen LogP contribution in [0.15, 0.2) is 30.3 Å². The van der Waals surface area contributed by atoms with Gasteiger partial charge in [-0.2, -0.15) is 0 Å². The van der Waals surface area contributed by atoms with E-state index in [1.165, 1.54) is 5.56 Å². The highest BCUT2D eigenvalue weighted by Gasteiger charge is 2.22. The van der Waals surface area contributed by atoms with Crippen LogP contribution in [0.1, 0.15) is 24.8 Å². The fourth-order valence-electron chi connectivity index (χ4n) is 2.48. The van der Waals surface area contributed by atoms with Gasteiger partial charge in [-0.25, -0.2) is 0 Å². The predicted octanol–water partition coefficient (Wildman–Crippen LogP) is 2.23. The van der Waals surface area contributed by atoms with Gasteiger partial charge in [-0.15, -0.1) is 12.4 Å². The molecule has 0 spiro atoms. The number of halogens is 1. The van der Waals surface area contributed by atoms with Gasteiger partial charge in [0.1, 0.15) is 0 Å². The molecule has 1 aliphatic heterocycles. The topological polar surface area (TPSA) is 41.6 Å². The van der Waals surface area contributed by atoms with E-state index in [1.807, 2.05) is 30.1 Å². The van der Waals surface area contributed by atoms with Crippen LogP contribution in [-0.2, 0) is 16.1 Å². The van der Waals surface area contributed by atoms with E-state index in [0.29, 0.717) is 19.5 Å². The van der Waals surface area contributed by atoms with Gasteiger partial charge in [-0.3, -0.25) is 4.79 Å². The molecule has 1 heterocycles. The molecule has 1 unspecified atom stereocenters. The summed E-state index contributed by atoms with van der Waals surface area (Å²) >= 11 is 0. The Morgan fingerprint density at radius 1 is 1.38 bits per heavy atom. The average molecular weight is 313 g/mol. The number of nitrogens with zero attached hydrogens (tertiary/aromatic N) is 1. The summed E-state index contributed by atoms with van der Waals surface area (Å²) in [7, 11) is 1.87. The summed E-state index contributed by atoms with van der Waals surface area (Å²) < 4.78 is 5.67. The van der Waals surface area contributed by atoms with E-state index in [0.717, 1.165) is 26.0 Å². The van der Waals surface area contributed by atoms with Crippen molar-refractivity contribution < 1.29 is 9.53 Å². The number of ether oxygens (including phenoxy) is 1. The number of benzene rings is 1. The van der Waals surface area contributed by atoms with E-state index in [9.17, 15) is 4.79 Å². The number of carbonyl (C=O) groups is 1. The van der Waals surface area contributed by atoms with Crippen LogP contribution in [-0.4, -0.2) is 43.7 Å². The molecule has 0 aliphatic carbocycles. The fourth-order valence-corrected chi connectivity index (χ4v) is 2.48. The van der Waals surface area contributed by atoms with E-state index < -0.39 is 0 Å². The van der Waals surface area contributed by atoms with E-state index >= 15 is 0 Å². The first-order chi connectivity index (χ1) is 9.79. The van der Waals surface area contributed by atoms with Gasteiger partial charge in [0.15, 0.2) is 0 Å². The quantitative estimate of drug-likeness (QED) is 0.839. The molecule has 0 aromatic heterocycles. The minimum atomic E-state index is 0. The van der Waals surface area contributed by atoms with Gasteiger partial charge in [-0.1, -0.05) is 30.3 Å². The maximum absolute atomic E-state index is 12.3. The number of carbonyl (C=O) groups excluding carboxylic acids is 1. The molecule has 21 heavy (non-hydrogen) atoms. The molecule has 5 heteroatoms. The smallest absolute Gasteiger partial charge is 0.224 e. The van der Waals surface area contributed by atoms with Crippen LogP contribution in [0.5, 0.6) is 0 Å². The van der Waals surface area contributed by atoms with Gasteiger partial charge in [0, 0.05) is 32.7 Å². The summed E-state index contributed by atoms with van der Waals surface area (Å²) in [6.45, 7) is 2.92. The van der Waals surface area contributed by atoms with Crippen molar-refractivity contribution in [3.05, 3.63) is 35.9 Å². The number of rotatable bonds is 7. The highest BCUT2D eigenvalue weighted by atomic mass is 35.5. The van der Waals surface area contributed by atoms with E-state index in [-0.39, 0.29) is 24.4 Å². The minimum absolute atomic E-state index is 0. The Morgan fingerprint density at radius 2 is 2.14 bits per heavy atom. The standard InChI is InChI=1S/C16H24N2O2.ClH/c1-17-10-9-16(19)18(13-15-8-5-11-20-15)12-14-6-3-2-4-7-14;/h2-4,6-7,15,17H,5,8-13H2,1H3;1H. The SMILES string of the molecule is CNCCC(=O)N(Cc1ccccc1)CC1CCCO1.Cl. The van der Waals surface area contributed by atoms with Crippen LogP contribution in [0.4, 0.5) is 0 Å². The van der Waals surface area contributed by atoms with Crippen LogP contribution in [0, 0.1) is 0 Å². The summed E-state index contributed by atoms with van der Waals surface area (Å²) in [5, 5.41) is 3.03. The Kier molecular flexibility index (Phi) is 8.35. The first-order valence-corrected chi connectivity index (χ1v) is 7.37. The summed E-state index contributed by atoms with van der Waals surface area (Å²) in [4.78, 5) is 14.3. The summed E-state index contributed by atoms with van der Waals surface area (Å²) in [6.07, 6.45) is 2.91. The first kappa shape index (κ1) is 18.0. The van der Waals surface area contributed by atoms with Gasteiger partial charge < -0.3 is 15.0 Å². The Labute approximate surface area is 133 Å². The van der Waals surface area contributed by atoms with Crippen LogP contribution in [0.3, 0.4) is 0 Å². The van der Waals surface area contributed by atoms with E-state index in [1.54, 1.807) is 0 Å². The molecule has 1 atom stereocenters. The highest BCUT2D eigenvalue weighted by Crippen LogP contribution is 2.15. The zero-order valence-corrected chi connectivity index (χ0v) is 13.4. The van der Waals surface area contributed by atoms with Crippen molar-refractivity contribution in [1.82, 2.24) is 10.2 Å². The third-order valence-electron chi connectivity index (χ3n) is 3.61. The molecule has 2 rings (SSSR count). The lowest BCUT2D eigenvalue weighted by atomic mass is 10.1. The zero-order chi connectivity index (χ0) is 14.2. The van der Waals surface area contributed by atoms with Crippen molar-refractivity contribution in [3.63, 3.8) is 0 Å². The number of hydrogen-bond acceptors (Lipinski definition) is 3. The van der Waals surface area contributed by atoms with Crippen LogP contribution in [0.25, 0.3) is 0 Å². The third-order valence-corrected chi connectivity index (χ3v) is 3.61. The predicted molar refractivity (Wildman–Crippen MR) is 86.6 cm³/mol. The first-order valence-electron chi connectivity index (χ1n) is 7.37. The molecule has 1 fully saturated rings. The molecule has 1 N–H and O–H groups in total. The van der Waals surface area contributed by atoms with E-state index in [4.69, 9.17) is 4.74 Å². The third kappa shape index (κ3) is 6.04. The Morgan fingerprint density at radius 3 is 2.76 bits per heavy atom. The molecule has 1 amide bonds. The van der Waals surface area contributed by atoms with Gasteiger partial charge in [0.2, 0.25) is 5.91 Å². The van der Waals surface area contributed by atoms with Crippen molar-refractivity contribution >= 4 is 18.3 Å². The lowest BCUT2D eigenvalue weighted by Crippen LogP contribution is -2.38. The number of amides is 1. The second-order valence-corrected chi connectivity index (χ2v) is 5.25. The minimum Gasteiger partial charge on any atom is -0.376 e. The Bertz CT molecular complexity index is 408. The van der Waals surface area contributed by atoms with Crippen molar-refractivity contribution in [2.45, 2.75) is 31.9 Å². The van der Waals surface area contributed by atoms with Gasteiger partial charge >= 0.3 is 0 Å². The van der Waals surface area contributed by atoms with Crippen molar-refractivity contribution in [1.29, 1.82) is 0 Å². The van der Waals surface area contributed by atoms with Crippen LogP contribution >= 0.6 is 12.4 Å². The average Bonchev–Trinajstić information content (AvgIpc) is 2.98. The van der Waals surface area contributed by atoms with Crippen LogP contribution < -0.4 is 5.32 Å². The second-order valence-electron chi connectivity index (χ2n) is 5.25. The molecule has 1 aliphatic rings. The van der Waals surface area contributed by atoms with Crippen molar-refractivity contribution in [3.8, 4) is 0 Å². The summed E-state index contributed by atoms with van der Waals surface area (Å²) in [5.74, 6) is 0.193. The summed E-state index contributed by atoms with van der Waals surface area (Å²) in [5.41, 5.74) is 1.17. The lowest BCUT2D eigenvalue weighted by Gasteiger charge is -2.25. The lowest BCUT2D eigenvalue weighted by molar-refractivity contribution is -0.133. The number of hydrogen-bond donors (Lipinski definition) is 1. The molecule has 0 bridgehead atoms. The molecule has 1 aromatic rings. The largest absolute Gasteiger partial charge is 0.376 e. The van der Waals surface area contributed by atoms with Crippen molar-refractivity contribution in [2.24, 2.45) is 0 Å². The van der Waals surface area contributed by atoms with Crippen molar-refractivity contribution in [2.75, 3.05) is 26.7 Å². The molecular formula is C16H25ClN2O2. The zero-order valence-electron chi connectivity index (χ0n) is 12.6. The highest BCUT2D eigenvalue weighted by molar-refractivity contribution is 5.85. The molecule has 4 nitrogen and oxygen atoms in total. The normalized spacial score (nSPS) is 17.3. The molecule has 0 radical (unpaired) electrons. The molecular weight excluding hydrogens is 288 g/mol. The molecule has 0 saturated carbocycles. The molecule has 1 aromatic carbocycles. The fraction of sp³-hybridized carbons (Fsp3) is 0.562. The molecule has 118 valence electrons. The second kappa shape index (κ2) is 9.77. The number of nitrogens with one attached hydrogen (secondary N) is 1. The van der Waals surface area contributed by atoms with E-state index in [2.05, 4.69) is 17.4 Å².